The van der Waals surface area contributed by atoms with Crippen molar-refractivity contribution in [3.8, 4) is 5.75 Å². The second-order valence-corrected chi connectivity index (χ2v) is 8.18. The Kier molecular flexibility index (Phi) is 5.02. The van der Waals surface area contributed by atoms with E-state index in [1.807, 2.05) is 43.5 Å². The van der Waals surface area contributed by atoms with Crippen LogP contribution in [-0.4, -0.2) is 52.0 Å². The summed E-state index contributed by atoms with van der Waals surface area (Å²) in [5, 5.41) is 10.3. The van der Waals surface area contributed by atoms with Crippen LogP contribution in [0.15, 0.2) is 48.7 Å². The van der Waals surface area contributed by atoms with Gasteiger partial charge in [0, 0.05) is 44.7 Å². The number of fused-ring (bicyclic) bond motifs is 1. The molecule has 1 saturated heterocycles. The van der Waals surface area contributed by atoms with Crippen LogP contribution < -0.4 is 9.80 Å². The number of para-hydroxylation sites is 1. The lowest BCUT2D eigenvalue weighted by Crippen LogP contribution is -2.47. The highest BCUT2D eigenvalue weighted by atomic mass is 16.3. The molecule has 0 unspecified atom stereocenters. The number of phenols is 1. The third-order valence-corrected chi connectivity index (χ3v) is 6.22. The van der Waals surface area contributed by atoms with Crippen LogP contribution in [0, 0.1) is 6.92 Å². The van der Waals surface area contributed by atoms with Gasteiger partial charge in [0.05, 0.1) is 17.0 Å². The number of hydrogen-bond acceptors (Lipinski definition) is 7. The number of aryl methyl sites for hydroxylation is 1. The van der Waals surface area contributed by atoms with Gasteiger partial charge in [-0.1, -0.05) is 24.3 Å². The molecule has 2 aliphatic rings. The van der Waals surface area contributed by atoms with Crippen molar-refractivity contribution in [2.24, 2.45) is 0 Å². The third kappa shape index (κ3) is 3.71. The van der Waals surface area contributed by atoms with Gasteiger partial charge in [0.1, 0.15) is 11.6 Å². The molecule has 158 valence electrons. The van der Waals surface area contributed by atoms with Gasteiger partial charge >= 0.3 is 0 Å². The summed E-state index contributed by atoms with van der Waals surface area (Å²) in [6.07, 6.45) is 2.81. The fourth-order valence-corrected chi connectivity index (χ4v) is 4.63. The van der Waals surface area contributed by atoms with Crippen molar-refractivity contribution in [1.82, 2.24) is 15.0 Å². The second-order valence-electron chi connectivity index (χ2n) is 8.18. The number of Topliss-reactive ketones (excluding diaryl/α,β-unsaturated/α-hetero) is 1. The third-order valence-electron chi connectivity index (χ3n) is 6.22. The van der Waals surface area contributed by atoms with Crippen molar-refractivity contribution in [2.45, 2.75) is 25.7 Å². The molecule has 7 heteroatoms. The van der Waals surface area contributed by atoms with E-state index in [1.54, 1.807) is 12.1 Å². The highest BCUT2D eigenvalue weighted by Crippen LogP contribution is 2.37. The van der Waals surface area contributed by atoms with Gasteiger partial charge in [0.25, 0.3) is 0 Å². The highest BCUT2D eigenvalue weighted by Gasteiger charge is 2.32. The van der Waals surface area contributed by atoms with Gasteiger partial charge in [-0.15, -0.1) is 0 Å². The molecular weight excluding hydrogens is 390 g/mol. The maximum Gasteiger partial charge on any atom is 0.225 e. The number of carbonyl (C=O) groups is 1. The van der Waals surface area contributed by atoms with E-state index in [-0.39, 0.29) is 17.5 Å². The van der Waals surface area contributed by atoms with Gasteiger partial charge in [-0.3, -0.25) is 4.79 Å². The molecule has 0 saturated carbocycles. The number of pyridine rings is 1. The lowest BCUT2D eigenvalue weighted by molar-refractivity contribution is 0.0961. The maximum atomic E-state index is 12.9. The molecule has 3 aromatic rings. The van der Waals surface area contributed by atoms with Crippen molar-refractivity contribution in [1.29, 1.82) is 0 Å². The summed E-state index contributed by atoms with van der Waals surface area (Å²) in [6.45, 7) is 5.18. The average Bonchev–Trinajstić information content (AvgIpc) is 2.79. The summed E-state index contributed by atoms with van der Waals surface area (Å²) in [5.41, 5.74) is 3.00. The molecule has 1 fully saturated rings. The first-order valence-electron chi connectivity index (χ1n) is 10.7. The Labute approximate surface area is 181 Å². The molecule has 1 aliphatic heterocycles. The number of aromatic nitrogens is 3. The molecule has 1 atom stereocenters. The molecule has 1 N–H and O–H groups in total. The molecule has 7 nitrogen and oxygen atoms in total. The summed E-state index contributed by atoms with van der Waals surface area (Å²) in [4.78, 5) is 31.3. The van der Waals surface area contributed by atoms with Gasteiger partial charge in [-0.25, -0.2) is 15.0 Å². The summed E-state index contributed by atoms with van der Waals surface area (Å²) in [7, 11) is 0. The fourth-order valence-electron chi connectivity index (χ4n) is 4.63. The number of benzene rings is 1. The molecule has 31 heavy (non-hydrogen) atoms. The first-order valence-corrected chi connectivity index (χ1v) is 10.7. The Morgan fingerprint density at radius 1 is 0.935 bits per heavy atom. The van der Waals surface area contributed by atoms with Crippen LogP contribution in [0.2, 0.25) is 0 Å². The maximum absolute atomic E-state index is 12.9. The molecule has 2 aromatic heterocycles. The largest absolute Gasteiger partial charge is 0.508 e. The molecule has 0 bridgehead atoms. The van der Waals surface area contributed by atoms with Crippen molar-refractivity contribution in [3.63, 3.8) is 0 Å². The zero-order chi connectivity index (χ0) is 21.4. The van der Waals surface area contributed by atoms with Gasteiger partial charge in [-0.2, -0.15) is 0 Å². The van der Waals surface area contributed by atoms with E-state index in [1.165, 1.54) is 0 Å². The Balaban J connectivity index is 1.38. The number of rotatable bonds is 3. The number of hydrogen-bond donors (Lipinski definition) is 1. The quantitative estimate of drug-likeness (QED) is 0.704. The molecule has 5 rings (SSSR count). The number of nitrogens with zero attached hydrogens (tertiary/aromatic N) is 5. The first-order chi connectivity index (χ1) is 15.1. The average molecular weight is 415 g/mol. The van der Waals surface area contributed by atoms with Crippen LogP contribution in [-0.2, 0) is 6.42 Å². The van der Waals surface area contributed by atoms with Crippen LogP contribution in [0.3, 0.4) is 0 Å². The SMILES string of the molecule is Cc1nc(N2CCN(c3ccccn3)CC2)nc2c1C(=O)C[C@H](c1ccccc1O)C2. The van der Waals surface area contributed by atoms with E-state index in [9.17, 15) is 9.90 Å². The minimum Gasteiger partial charge on any atom is -0.508 e. The van der Waals surface area contributed by atoms with E-state index in [4.69, 9.17) is 4.98 Å². The van der Waals surface area contributed by atoms with Crippen LogP contribution in [0.4, 0.5) is 11.8 Å². The van der Waals surface area contributed by atoms with Crippen LogP contribution in [0.1, 0.15) is 39.6 Å². The Morgan fingerprint density at radius 3 is 2.42 bits per heavy atom. The molecule has 1 aliphatic carbocycles. The minimum absolute atomic E-state index is 0.0542. The molecule has 0 amide bonds. The van der Waals surface area contributed by atoms with Crippen molar-refractivity contribution >= 4 is 17.5 Å². The summed E-state index contributed by atoms with van der Waals surface area (Å²) in [6, 6.07) is 13.2. The topological polar surface area (TPSA) is 82.5 Å². The molecule has 0 spiro atoms. The zero-order valence-electron chi connectivity index (χ0n) is 17.5. The van der Waals surface area contributed by atoms with Crippen molar-refractivity contribution in [3.05, 3.63) is 71.2 Å². The zero-order valence-corrected chi connectivity index (χ0v) is 17.5. The van der Waals surface area contributed by atoms with Crippen LogP contribution >= 0.6 is 0 Å². The number of piperazine rings is 1. The van der Waals surface area contributed by atoms with Crippen molar-refractivity contribution in [2.75, 3.05) is 36.0 Å². The molecule has 0 radical (unpaired) electrons. The van der Waals surface area contributed by atoms with E-state index in [2.05, 4.69) is 19.8 Å². The number of carbonyl (C=O) groups excluding carboxylic acids is 1. The monoisotopic (exact) mass is 415 g/mol. The Hall–Kier alpha value is -3.48. The molecule has 3 heterocycles. The van der Waals surface area contributed by atoms with Gasteiger partial charge in [0.2, 0.25) is 5.95 Å². The smallest absolute Gasteiger partial charge is 0.225 e. The molecular formula is C24H25N5O2. The number of anilines is 2. The lowest BCUT2D eigenvalue weighted by Gasteiger charge is -2.36. The summed E-state index contributed by atoms with van der Waals surface area (Å²) >= 11 is 0. The van der Waals surface area contributed by atoms with E-state index >= 15 is 0 Å². The van der Waals surface area contributed by atoms with Crippen molar-refractivity contribution < 1.29 is 9.90 Å². The predicted octanol–water partition coefficient (Wildman–Crippen LogP) is 3.12. The number of ketones is 1. The van der Waals surface area contributed by atoms with Gasteiger partial charge in [-0.05, 0) is 37.1 Å². The van der Waals surface area contributed by atoms with Crippen LogP contribution in [0.5, 0.6) is 5.75 Å². The Bertz CT molecular complexity index is 1110. The predicted molar refractivity (Wildman–Crippen MR) is 119 cm³/mol. The summed E-state index contributed by atoms with van der Waals surface area (Å²) in [5.74, 6) is 1.90. The molecule has 1 aromatic carbocycles. The van der Waals surface area contributed by atoms with E-state index in [0.29, 0.717) is 24.4 Å². The summed E-state index contributed by atoms with van der Waals surface area (Å²) < 4.78 is 0. The van der Waals surface area contributed by atoms with E-state index < -0.39 is 0 Å². The minimum atomic E-state index is -0.0654. The standard InChI is InChI=1S/C24H25N5O2/c1-16-23-19(14-17(15-21(23)31)18-6-2-3-7-20(18)30)27-24(26-16)29-12-10-28(11-13-29)22-8-4-5-9-25-22/h2-9,17,30H,10-15H2,1H3/t17-/m1/s1. The highest BCUT2D eigenvalue weighted by molar-refractivity contribution is 5.99. The fraction of sp³-hybridized carbons (Fsp3) is 0.333. The number of phenolic OH excluding ortho intramolecular Hbond substituents is 1. The first kappa shape index (κ1) is 19.5. The van der Waals surface area contributed by atoms with Crippen LogP contribution in [0.25, 0.3) is 0 Å². The van der Waals surface area contributed by atoms with Gasteiger partial charge in [0.15, 0.2) is 5.78 Å². The normalized spacial score (nSPS) is 18.7. The second kappa shape index (κ2) is 7.98. The van der Waals surface area contributed by atoms with E-state index in [0.717, 1.165) is 48.9 Å². The van der Waals surface area contributed by atoms with Gasteiger partial charge < -0.3 is 14.9 Å². The lowest BCUT2D eigenvalue weighted by atomic mass is 9.81. The number of aromatic hydroxyl groups is 1. The Morgan fingerprint density at radius 2 is 1.68 bits per heavy atom.